The molecule has 1 aliphatic carbocycles. The number of hydrogen-bond acceptors (Lipinski definition) is 6. The molecule has 0 spiro atoms. The van der Waals surface area contributed by atoms with Crippen molar-refractivity contribution in [1.82, 2.24) is 9.97 Å². The fraction of sp³-hybridized carbons (Fsp3) is 0.545. The molecule has 2 fully saturated rings. The van der Waals surface area contributed by atoms with Crippen LogP contribution in [0, 0.1) is 11.9 Å². The molecule has 6 nitrogen and oxygen atoms in total. The van der Waals surface area contributed by atoms with E-state index in [1.54, 1.807) is 12.3 Å². The molecule has 1 saturated heterocycles. The topological polar surface area (TPSA) is 85.1 Å². The first-order valence-electron chi connectivity index (χ1n) is 10.7. The second kappa shape index (κ2) is 9.90. The Morgan fingerprint density at radius 3 is 2.60 bits per heavy atom. The lowest BCUT2D eigenvalue weighted by atomic mass is 9.92. The summed E-state index contributed by atoms with van der Waals surface area (Å²) < 4.78 is 19.7. The van der Waals surface area contributed by atoms with Gasteiger partial charge in [0.1, 0.15) is 5.82 Å². The zero-order valence-corrected chi connectivity index (χ0v) is 17.8. The predicted octanol–water partition coefficient (Wildman–Crippen LogP) is 4.46. The van der Waals surface area contributed by atoms with Crippen LogP contribution in [-0.2, 0) is 4.74 Å². The van der Waals surface area contributed by atoms with Gasteiger partial charge in [-0.15, -0.1) is 0 Å². The molecule has 8 heteroatoms. The minimum Gasteiger partial charge on any atom is -0.381 e. The second-order valence-electron chi connectivity index (χ2n) is 8.30. The molecule has 0 amide bonds. The number of aromatic nitrogens is 2. The van der Waals surface area contributed by atoms with Crippen molar-refractivity contribution < 1.29 is 9.13 Å². The Hall–Kier alpha value is -1.96. The number of ether oxygens (including phenoxy) is 1. The Morgan fingerprint density at radius 1 is 1.07 bits per heavy atom. The van der Waals surface area contributed by atoms with Gasteiger partial charge in [0, 0.05) is 55.4 Å². The molecule has 2 aromatic heterocycles. The number of rotatable bonds is 6. The van der Waals surface area contributed by atoms with Crippen molar-refractivity contribution in [2.24, 2.45) is 11.7 Å². The van der Waals surface area contributed by atoms with Crippen LogP contribution in [0.5, 0.6) is 0 Å². The summed E-state index contributed by atoms with van der Waals surface area (Å²) in [4.78, 5) is 8.37. The smallest absolute Gasteiger partial charge is 0.236 e. The molecule has 4 rings (SSSR count). The third-order valence-electron chi connectivity index (χ3n) is 6.05. The fourth-order valence-electron chi connectivity index (χ4n) is 4.14. The van der Waals surface area contributed by atoms with Crippen LogP contribution in [0.2, 0.25) is 5.02 Å². The average Bonchev–Trinajstić information content (AvgIpc) is 2.77. The van der Waals surface area contributed by atoms with E-state index >= 15 is 0 Å². The first-order chi connectivity index (χ1) is 14.6. The summed E-state index contributed by atoms with van der Waals surface area (Å²) in [6.07, 6.45) is 9.20. The zero-order valence-electron chi connectivity index (χ0n) is 17.0. The minimum atomic E-state index is -0.507. The predicted molar refractivity (Wildman–Crippen MR) is 118 cm³/mol. The van der Waals surface area contributed by atoms with E-state index in [1.165, 1.54) is 6.20 Å². The quantitative estimate of drug-likeness (QED) is 0.583. The SMILES string of the molecule is NC1CCC(Nc2cc(-c3cnc(F)c(NCC4CCOCC4)c3)c(Cl)cn2)CC1. The van der Waals surface area contributed by atoms with Gasteiger partial charge < -0.3 is 21.1 Å². The van der Waals surface area contributed by atoms with Crippen LogP contribution >= 0.6 is 11.6 Å². The summed E-state index contributed by atoms with van der Waals surface area (Å²) in [5, 5.41) is 7.21. The van der Waals surface area contributed by atoms with Gasteiger partial charge in [-0.3, -0.25) is 0 Å². The zero-order chi connectivity index (χ0) is 20.9. The Balaban J connectivity index is 1.48. The molecule has 1 saturated carbocycles. The van der Waals surface area contributed by atoms with Crippen molar-refractivity contribution in [3.05, 3.63) is 35.5 Å². The molecule has 162 valence electrons. The van der Waals surface area contributed by atoms with E-state index < -0.39 is 5.95 Å². The maximum atomic E-state index is 14.3. The van der Waals surface area contributed by atoms with Crippen LogP contribution in [0.4, 0.5) is 15.9 Å². The molecule has 0 unspecified atom stereocenters. The molecule has 0 atom stereocenters. The molecule has 0 aromatic carbocycles. The molecule has 2 aliphatic rings. The summed E-state index contributed by atoms with van der Waals surface area (Å²) in [7, 11) is 0. The molecular formula is C22H29ClFN5O. The van der Waals surface area contributed by atoms with E-state index in [2.05, 4.69) is 20.6 Å². The highest BCUT2D eigenvalue weighted by atomic mass is 35.5. The third kappa shape index (κ3) is 5.39. The van der Waals surface area contributed by atoms with E-state index in [0.29, 0.717) is 35.3 Å². The number of anilines is 2. The van der Waals surface area contributed by atoms with Crippen LogP contribution < -0.4 is 16.4 Å². The number of nitrogens with one attached hydrogen (secondary N) is 2. The minimum absolute atomic E-state index is 0.300. The van der Waals surface area contributed by atoms with Gasteiger partial charge in [-0.25, -0.2) is 9.97 Å². The van der Waals surface area contributed by atoms with Crippen LogP contribution in [-0.4, -0.2) is 41.8 Å². The number of nitrogens with zero attached hydrogens (tertiary/aromatic N) is 2. The van der Waals surface area contributed by atoms with Crippen molar-refractivity contribution in [1.29, 1.82) is 0 Å². The Kier molecular flexibility index (Phi) is 7.02. The lowest BCUT2D eigenvalue weighted by molar-refractivity contribution is 0.0699. The summed E-state index contributed by atoms with van der Waals surface area (Å²) in [6.45, 7) is 2.23. The molecule has 1 aliphatic heterocycles. The molecule has 0 bridgehead atoms. The van der Waals surface area contributed by atoms with Gasteiger partial charge in [0.25, 0.3) is 0 Å². The van der Waals surface area contributed by atoms with E-state index in [1.807, 2.05) is 6.07 Å². The normalized spacial score (nSPS) is 22.6. The Bertz CT molecular complexity index is 853. The monoisotopic (exact) mass is 433 g/mol. The summed E-state index contributed by atoms with van der Waals surface area (Å²) in [6, 6.07) is 4.34. The molecule has 2 aromatic rings. The number of halogens is 2. The van der Waals surface area contributed by atoms with Crippen LogP contribution in [0.1, 0.15) is 38.5 Å². The Morgan fingerprint density at radius 2 is 1.83 bits per heavy atom. The molecule has 3 heterocycles. The van der Waals surface area contributed by atoms with Crippen LogP contribution in [0.15, 0.2) is 24.5 Å². The van der Waals surface area contributed by atoms with Crippen molar-refractivity contribution in [2.45, 2.75) is 50.6 Å². The van der Waals surface area contributed by atoms with Gasteiger partial charge in [-0.05, 0) is 56.6 Å². The van der Waals surface area contributed by atoms with Crippen molar-refractivity contribution in [3.63, 3.8) is 0 Å². The number of nitrogens with two attached hydrogens (primary N) is 1. The Labute approximate surface area is 181 Å². The van der Waals surface area contributed by atoms with E-state index in [0.717, 1.165) is 68.7 Å². The van der Waals surface area contributed by atoms with E-state index in [4.69, 9.17) is 22.1 Å². The maximum Gasteiger partial charge on any atom is 0.236 e. The molecular weight excluding hydrogens is 405 g/mol. The first-order valence-corrected chi connectivity index (χ1v) is 11.1. The van der Waals surface area contributed by atoms with E-state index in [9.17, 15) is 4.39 Å². The lowest BCUT2D eigenvalue weighted by Crippen LogP contribution is -2.33. The van der Waals surface area contributed by atoms with Gasteiger partial charge in [-0.1, -0.05) is 11.6 Å². The summed E-state index contributed by atoms with van der Waals surface area (Å²) >= 11 is 6.42. The lowest BCUT2D eigenvalue weighted by Gasteiger charge is -2.27. The first kappa shape index (κ1) is 21.3. The number of hydrogen-bond donors (Lipinski definition) is 3. The summed E-state index contributed by atoms with van der Waals surface area (Å²) in [5.74, 6) is 0.731. The largest absolute Gasteiger partial charge is 0.381 e. The van der Waals surface area contributed by atoms with Gasteiger partial charge >= 0.3 is 0 Å². The van der Waals surface area contributed by atoms with Crippen molar-refractivity contribution in [3.8, 4) is 11.1 Å². The average molecular weight is 434 g/mol. The van der Waals surface area contributed by atoms with Gasteiger partial charge in [0.05, 0.1) is 10.7 Å². The highest BCUT2D eigenvalue weighted by Gasteiger charge is 2.19. The number of pyridine rings is 2. The maximum absolute atomic E-state index is 14.3. The van der Waals surface area contributed by atoms with E-state index in [-0.39, 0.29) is 0 Å². The standard InChI is InChI=1S/C22H29ClFN5O/c23-19-13-27-21(29-17-3-1-16(25)2-4-17)10-18(19)15-9-20(22(24)28-12-15)26-11-14-5-7-30-8-6-14/h9-10,12-14,16-17,26H,1-8,11,25H2,(H,27,29). The molecule has 4 N–H and O–H groups in total. The second-order valence-corrected chi connectivity index (χ2v) is 8.71. The molecule has 0 radical (unpaired) electrons. The van der Waals surface area contributed by atoms with Gasteiger partial charge in [0.2, 0.25) is 5.95 Å². The fourth-order valence-corrected chi connectivity index (χ4v) is 4.35. The summed E-state index contributed by atoms with van der Waals surface area (Å²) in [5.41, 5.74) is 7.93. The van der Waals surface area contributed by atoms with Gasteiger partial charge in [-0.2, -0.15) is 4.39 Å². The van der Waals surface area contributed by atoms with Crippen molar-refractivity contribution in [2.75, 3.05) is 30.4 Å². The molecule has 30 heavy (non-hydrogen) atoms. The third-order valence-corrected chi connectivity index (χ3v) is 6.35. The highest BCUT2D eigenvalue weighted by molar-refractivity contribution is 6.33. The van der Waals surface area contributed by atoms with Crippen LogP contribution in [0.25, 0.3) is 11.1 Å². The highest BCUT2D eigenvalue weighted by Crippen LogP contribution is 2.32. The van der Waals surface area contributed by atoms with Crippen LogP contribution in [0.3, 0.4) is 0 Å². The van der Waals surface area contributed by atoms with Crippen molar-refractivity contribution >= 4 is 23.1 Å². The van der Waals surface area contributed by atoms with Gasteiger partial charge in [0.15, 0.2) is 0 Å².